The second kappa shape index (κ2) is 7.34. The van der Waals surface area contributed by atoms with Gasteiger partial charge in [-0.1, -0.05) is 26.3 Å². The Bertz CT molecular complexity index is 832. The molecule has 2 saturated carbocycles. The summed E-state index contributed by atoms with van der Waals surface area (Å²) in [6, 6.07) is 6.46. The number of piperidine rings is 1. The van der Waals surface area contributed by atoms with Crippen LogP contribution in [0.25, 0.3) is 0 Å². The molecule has 1 N–H and O–H groups in total. The van der Waals surface area contributed by atoms with Gasteiger partial charge < -0.3 is 9.84 Å². The molecular formula is C26H37NO3. The third-order valence-electron chi connectivity index (χ3n) is 8.66. The number of methoxy groups -OCH3 is 1. The molecular weight excluding hydrogens is 374 g/mol. The molecule has 3 fully saturated rings. The zero-order valence-corrected chi connectivity index (χ0v) is 18.8. The highest BCUT2D eigenvalue weighted by Crippen LogP contribution is 2.59. The number of hydrogen-bond acceptors (Lipinski definition) is 4. The minimum atomic E-state index is -0.824. The van der Waals surface area contributed by atoms with Crippen molar-refractivity contribution < 1.29 is 14.6 Å². The van der Waals surface area contributed by atoms with E-state index in [0.717, 1.165) is 50.4 Å². The van der Waals surface area contributed by atoms with Crippen LogP contribution < -0.4 is 4.74 Å². The zero-order valence-electron chi connectivity index (χ0n) is 18.8. The first-order valence-electron chi connectivity index (χ1n) is 12.0. The molecule has 4 nitrogen and oxygen atoms in total. The van der Waals surface area contributed by atoms with Gasteiger partial charge in [-0.25, -0.2) is 0 Å². The summed E-state index contributed by atoms with van der Waals surface area (Å²) < 4.78 is 5.55. The van der Waals surface area contributed by atoms with Gasteiger partial charge in [0.05, 0.1) is 12.7 Å². The molecule has 1 saturated heterocycles. The number of fused-ring (bicyclic) bond motifs is 1. The van der Waals surface area contributed by atoms with Crippen LogP contribution in [0.2, 0.25) is 0 Å². The third-order valence-corrected chi connectivity index (χ3v) is 8.66. The lowest BCUT2D eigenvalue weighted by atomic mass is 9.47. The summed E-state index contributed by atoms with van der Waals surface area (Å²) in [7, 11) is 1.70. The predicted octanol–water partition coefficient (Wildman–Crippen LogP) is 4.12. The second-order valence-electron chi connectivity index (χ2n) is 11.0. The Kier molecular flexibility index (Phi) is 5.02. The van der Waals surface area contributed by atoms with Gasteiger partial charge in [-0.2, -0.15) is 0 Å². The molecule has 1 aromatic rings. The molecule has 4 atom stereocenters. The van der Waals surface area contributed by atoms with E-state index >= 15 is 0 Å². The Morgan fingerprint density at radius 3 is 2.80 bits per heavy atom. The van der Waals surface area contributed by atoms with Crippen molar-refractivity contribution in [3.8, 4) is 5.75 Å². The maximum atomic E-state index is 13.4. The highest BCUT2D eigenvalue weighted by molar-refractivity contribution is 5.85. The molecule has 4 aliphatic rings. The van der Waals surface area contributed by atoms with Gasteiger partial charge in [-0.05, 0) is 80.2 Å². The van der Waals surface area contributed by atoms with Gasteiger partial charge >= 0.3 is 0 Å². The molecule has 30 heavy (non-hydrogen) atoms. The molecule has 5 rings (SSSR count). The van der Waals surface area contributed by atoms with E-state index in [2.05, 4.69) is 30.9 Å². The summed E-state index contributed by atoms with van der Waals surface area (Å²) in [5.41, 5.74) is 1.21. The molecule has 3 aliphatic carbocycles. The van der Waals surface area contributed by atoms with Crippen LogP contribution in [0, 0.1) is 17.8 Å². The van der Waals surface area contributed by atoms with E-state index in [0.29, 0.717) is 24.5 Å². The van der Waals surface area contributed by atoms with E-state index in [9.17, 15) is 9.90 Å². The van der Waals surface area contributed by atoms with E-state index in [1.165, 1.54) is 24.0 Å². The summed E-state index contributed by atoms with van der Waals surface area (Å²) in [5.74, 6) is 2.59. The highest BCUT2D eigenvalue weighted by atomic mass is 16.5. The number of carbonyl (C=O) groups is 1. The number of benzene rings is 1. The highest BCUT2D eigenvalue weighted by Gasteiger charge is 2.66. The Morgan fingerprint density at radius 1 is 1.30 bits per heavy atom. The van der Waals surface area contributed by atoms with Crippen LogP contribution >= 0.6 is 0 Å². The van der Waals surface area contributed by atoms with Crippen molar-refractivity contribution in [3.63, 3.8) is 0 Å². The Balaban J connectivity index is 1.56. The van der Waals surface area contributed by atoms with E-state index in [1.807, 2.05) is 6.07 Å². The molecule has 164 valence electrons. The monoisotopic (exact) mass is 411 g/mol. The fourth-order valence-corrected chi connectivity index (χ4v) is 6.76. The normalized spacial score (nSPS) is 35.8. The van der Waals surface area contributed by atoms with Crippen molar-refractivity contribution in [1.29, 1.82) is 0 Å². The standard InChI is InChI=1S/C26H37NO3/c1-17(2)4-7-20-14-26(29)24-12-19-8-9-21(30-3)13-22(19)25(26,15-23(20)28)10-11-27(24)16-18-5-6-18/h8-9,13,17-18,20,24,29H,4-7,10-12,14-16H2,1-3H3/t20-,24+,25+,26+/m0/s1. The number of carbonyl (C=O) groups excluding carboxylic acids is 1. The van der Waals surface area contributed by atoms with Gasteiger partial charge in [-0.3, -0.25) is 9.69 Å². The molecule has 0 spiro atoms. The minimum absolute atomic E-state index is 0.000979. The maximum absolute atomic E-state index is 13.4. The smallest absolute Gasteiger partial charge is 0.137 e. The van der Waals surface area contributed by atoms with Crippen LogP contribution in [-0.4, -0.2) is 47.6 Å². The van der Waals surface area contributed by atoms with Gasteiger partial charge in [0.1, 0.15) is 11.5 Å². The van der Waals surface area contributed by atoms with E-state index < -0.39 is 11.0 Å². The molecule has 1 aliphatic heterocycles. The van der Waals surface area contributed by atoms with Crippen molar-refractivity contribution in [2.45, 2.75) is 82.3 Å². The average molecular weight is 412 g/mol. The number of likely N-dealkylation sites (tertiary alicyclic amines) is 1. The Hall–Kier alpha value is -1.39. The zero-order chi connectivity index (χ0) is 21.1. The van der Waals surface area contributed by atoms with Crippen molar-refractivity contribution >= 4 is 5.78 Å². The summed E-state index contributed by atoms with van der Waals surface area (Å²) in [5, 5.41) is 12.5. The lowest BCUT2D eigenvalue weighted by Crippen LogP contribution is -2.74. The van der Waals surface area contributed by atoms with Crippen molar-refractivity contribution in [2.24, 2.45) is 17.8 Å². The van der Waals surface area contributed by atoms with Crippen LogP contribution in [0.5, 0.6) is 5.75 Å². The number of hydrogen-bond donors (Lipinski definition) is 1. The predicted molar refractivity (Wildman–Crippen MR) is 118 cm³/mol. The number of rotatable bonds is 6. The van der Waals surface area contributed by atoms with Gasteiger partial charge in [0.25, 0.3) is 0 Å². The summed E-state index contributed by atoms with van der Waals surface area (Å²) in [6.07, 6.45) is 7.49. The summed E-state index contributed by atoms with van der Waals surface area (Å²) in [4.78, 5) is 16.0. The van der Waals surface area contributed by atoms with Crippen LogP contribution in [0.15, 0.2) is 18.2 Å². The van der Waals surface area contributed by atoms with Crippen molar-refractivity contribution in [2.75, 3.05) is 20.2 Å². The van der Waals surface area contributed by atoms with Crippen molar-refractivity contribution in [1.82, 2.24) is 4.90 Å². The van der Waals surface area contributed by atoms with E-state index in [1.54, 1.807) is 7.11 Å². The first kappa shape index (κ1) is 20.5. The van der Waals surface area contributed by atoms with Gasteiger partial charge in [0, 0.05) is 30.3 Å². The average Bonchev–Trinajstić information content (AvgIpc) is 3.53. The fourth-order valence-electron chi connectivity index (χ4n) is 6.76. The fraction of sp³-hybridized carbons (Fsp3) is 0.731. The van der Waals surface area contributed by atoms with Crippen LogP contribution in [0.1, 0.15) is 69.9 Å². The van der Waals surface area contributed by atoms with Crippen LogP contribution in [0.4, 0.5) is 0 Å². The minimum Gasteiger partial charge on any atom is -0.497 e. The Labute approximate surface area is 181 Å². The largest absolute Gasteiger partial charge is 0.497 e. The molecule has 4 heteroatoms. The first-order valence-corrected chi connectivity index (χ1v) is 12.0. The number of aliphatic hydroxyl groups is 1. The molecule has 0 unspecified atom stereocenters. The molecule has 0 amide bonds. The van der Waals surface area contributed by atoms with E-state index in [4.69, 9.17) is 4.74 Å². The molecule has 2 bridgehead atoms. The number of ether oxygens (including phenoxy) is 1. The quantitative estimate of drug-likeness (QED) is 0.765. The van der Waals surface area contributed by atoms with Gasteiger partial charge in [0.2, 0.25) is 0 Å². The number of ketones is 1. The summed E-state index contributed by atoms with van der Waals surface area (Å²) in [6.45, 7) is 6.54. The number of nitrogens with zero attached hydrogens (tertiary/aromatic N) is 1. The summed E-state index contributed by atoms with van der Waals surface area (Å²) >= 11 is 0. The molecule has 0 radical (unpaired) electrons. The van der Waals surface area contributed by atoms with Crippen LogP contribution in [0.3, 0.4) is 0 Å². The maximum Gasteiger partial charge on any atom is 0.137 e. The lowest BCUT2D eigenvalue weighted by molar-refractivity contribution is -0.182. The Morgan fingerprint density at radius 2 is 2.10 bits per heavy atom. The molecule has 0 aromatic heterocycles. The first-order chi connectivity index (χ1) is 14.4. The third kappa shape index (κ3) is 3.14. The van der Waals surface area contributed by atoms with Crippen molar-refractivity contribution in [3.05, 3.63) is 29.3 Å². The van der Waals surface area contributed by atoms with Gasteiger partial charge in [0.15, 0.2) is 0 Å². The molecule has 1 aromatic carbocycles. The second-order valence-corrected chi connectivity index (χ2v) is 11.0. The van der Waals surface area contributed by atoms with Crippen LogP contribution in [-0.2, 0) is 16.6 Å². The van der Waals surface area contributed by atoms with Gasteiger partial charge in [-0.15, -0.1) is 0 Å². The molecule has 1 heterocycles. The topological polar surface area (TPSA) is 49.8 Å². The van der Waals surface area contributed by atoms with E-state index in [-0.39, 0.29) is 12.0 Å². The SMILES string of the molecule is COc1ccc2c(c1)[C@]13CCN(CC4CC4)[C@H](C2)[C@]1(O)C[C@H](CCC(C)C)C(=O)C3. The lowest BCUT2D eigenvalue weighted by Gasteiger charge is -2.64. The number of Topliss-reactive ketones (excluding diaryl/α,β-unsaturated/α-hetero) is 1.